The molecule has 1 heterocycles. The first-order valence-corrected chi connectivity index (χ1v) is 5.63. The third kappa shape index (κ3) is 2.43. The molecule has 16 heavy (non-hydrogen) atoms. The summed E-state index contributed by atoms with van der Waals surface area (Å²) < 4.78 is 0. The summed E-state index contributed by atoms with van der Waals surface area (Å²) in [5.41, 5.74) is 3.51. The molecule has 5 heteroatoms. The van der Waals surface area contributed by atoms with Gasteiger partial charge < -0.3 is 15.8 Å². The Morgan fingerprint density at radius 3 is 3.12 bits per heavy atom. The third-order valence-electron chi connectivity index (χ3n) is 3.15. The van der Waals surface area contributed by atoms with Crippen LogP contribution in [-0.4, -0.2) is 22.7 Å². The highest BCUT2D eigenvalue weighted by atomic mass is 16.3. The quantitative estimate of drug-likeness (QED) is 0.450. The number of aliphatic hydroxyl groups is 1. The van der Waals surface area contributed by atoms with Crippen molar-refractivity contribution >= 4 is 11.5 Å². The molecule has 0 bridgehead atoms. The maximum atomic E-state index is 9.23. The van der Waals surface area contributed by atoms with Crippen LogP contribution >= 0.6 is 0 Å². The monoisotopic (exact) mass is 222 g/mol. The predicted octanol–water partition coefficient (Wildman–Crippen LogP) is 0.940. The van der Waals surface area contributed by atoms with Crippen LogP contribution in [0, 0.1) is 5.92 Å². The molecule has 1 aromatic heterocycles. The summed E-state index contributed by atoms with van der Waals surface area (Å²) in [5, 5.41) is 12.7. The van der Waals surface area contributed by atoms with Crippen LogP contribution in [0.2, 0.25) is 0 Å². The van der Waals surface area contributed by atoms with Crippen molar-refractivity contribution in [2.24, 2.45) is 11.8 Å². The number of hydrazine groups is 1. The minimum absolute atomic E-state index is 0.255. The Morgan fingerprint density at radius 2 is 2.38 bits per heavy atom. The van der Waals surface area contributed by atoms with E-state index < -0.39 is 0 Å². The number of anilines is 2. The molecule has 1 aromatic rings. The van der Waals surface area contributed by atoms with Crippen LogP contribution in [0.25, 0.3) is 0 Å². The van der Waals surface area contributed by atoms with E-state index in [2.05, 4.69) is 15.7 Å². The largest absolute Gasteiger partial charge is 0.396 e. The zero-order valence-electron chi connectivity index (χ0n) is 9.19. The first-order valence-electron chi connectivity index (χ1n) is 5.63. The molecular weight excluding hydrogens is 204 g/mol. The summed E-state index contributed by atoms with van der Waals surface area (Å²) >= 11 is 0. The Morgan fingerprint density at radius 1 is 1.50 bits per heavy atom. The maximum absolute atomic E-state index is 9.23. The molecule has 0 aliphatic heterocycles. The molecule has 0 saturated heterocycles. The zero-order chi connectivity index (χ0) is 11.4. The molecule has 5 nitrogen and oxygen atoms in total. The van der Waals surface area contributed by atoms with Gasteiger partial charge in [0.15, 0.2) is 0 Å². The second kappa shape index (κ2) is 5.14. The van der Waals surface area contributed by atoms with E-state index in [4.69, 9.17) is 5.84 Å². The Labute approximate surface area is 95.0 Å². The predicted molar refractivity (Wildman–Crippen MR) is 63.9 cm³/mol. The Kier molecular flexibility index (Phi) is 3.58. The molecule has 0 amide bonds. The van der Waals surface area contributed by atoms with Gasteiger partial charge in [-0.25, -0.2) is 10.8 Å². The van der Waals surface area contributed by atoms with E-state index in [0.717, 1.165) is 18.5 Å². The number of rotatable bonds is 4. The smallest absolute Gasteiger partial charge is 0.141 e. The van der Waals surface area contributed by atoms with Crippen molar-refractivity contribution in [3.05, 3.63) is 18.3 Å². The fraction of sp³-hybridized carbons (Fsp3) is 0.545. The maximum Gasteiger partial charge on any atom is 0.141 e. The highest BCUT2D eigenvalue weighted by Crippen LogP contribution is 2.28. The Hall–Kier alpha value is -1.33. The van der Waals surface area contributed by atoms with Gasteiger partial charge in [-0.15, -0.1) is 0 Å². The lowest BCUT2D eigenvalue weighted by Crippen LogP contribution is -2.26. The van der Waals surface area contributed by atoms with Crippen molar-refractivity contribution in [1.29, 1.82) is 0 Å². The number of nitrogen functional groups attached to an aromatic ring is 1. The average molecular weight is 222 g/mol. The van der Waals surface area contributed by atoms with Crippen molar-refractivity contribution in [3.8, 4) is 0 Å². The molecule has 2 atom stereocenters. The molecule has 88 valence electrons. The first kappa shape index (κ1) is 11.2. The molecule has 0 radical (unpaired) electrons. The zero-order valence-corrected chi connectivity index (χ0v) is 9.19. The molecule has 1 aliphatic carbocycles. The molecule has 5 N–H and O–H groups in total. The lowest BCUT2D eigenvalue weighted by atomic mass is 10.0. The second-order valence-corrected chi connectivity index (χ2v) is 4.20. The number of nitrogens with two attached hydrogens (primary N) is 1. The molecule has 1 aliphatic rings. The van der Waals surface area contributed by atoms with Gasteiger partial charge in [0.25, 0.3) is 0 Å². The fourth-order valence-electron chi connectivity index (χ4n) is 2.26. The highest BCUT2D eigenvalue weighted by Gasteiger charge is 2.26. The van der Waals surface area contributed by atoms with E-state index in [1.807, 2.05) is 12.1 Å². The number of nitrogens with one attached hydrogen (secondary N) is 2. The van der Waals surface area contributed by atoms with Gasteiger partial charge in [0.1, 0.15) is 5.82 Å². The van der Waals surface area contributed by atoms with Gasteiger partial charge in [-0.1, -0.05) is 6.42 Å². The van der Waals surface area contributed by atoms with E-state index in [1.165, 1.54) is 6.42 Å². The standard InChI is InChI=1S/C11H18N4O/c12-15-11-6-9(4-5-13-11)14-10-3-1-2-8(10)7-16/h4-6,8,10,16H,1-3,7,12H2,(H2,13,14,15). The van der Waals surface area contributed by atoms with E-state index in [0.29, 0.717) is 17.8 Å². The van der Waals surface area contributed by atoms with Gasteiger partial charge in [0, 0.05) is 36.5 Å². The van der Waals surface area contributed by atoms with Gasteiger partial charge >= 0.3 is 0 Å². The van der Waals surface area contributed by atoms with Gasteiger partial charge in [-0.2, -0.15) is 0 Å². The third-order valence-corrected chi connectivity index (χ3v) is 3.15. The van der Waals surface area contributed by atoms with Crippen molar-refractivity contribution in [2.75, 3.05) is 17.3 Å². The molecule has 1 fully saturated rings. The number of nitrogens with zero attached hydrogens (tertiary/aromatic N) is 1. The number of aromatic nitrogens is 1. The average Bonchev–Trinajstić information content (AvgIpc) is 2.76. The van der Waals surface area contributed by atoms with Gasteiger partial charge in [-0.3, -0.25) is 0 Å². The summed E-state index contributed by atoms with van der Waals surface area (Å²) in [7, 11) is 0. The lowest BCUT2D eigenvalue weighted by molar-refractivity contribution is 0.222. The van der Waals surface area contributed by atoms with E-state index >= 15 is 0 Å². The summed E-state index contributed by atoms with van der Waals surface area (Å²) in [5.74, 6) is 6.31. The summed E-state index contributed by atoms with van der Waals surface area (Å²) in [6.07, 6.45) is 5.09. The van der Waals surface area contributed by atoms with Crippen LogP contribution in [0.1, 0.15) is 19.3 Å². The van der Waals surface area contributed by atoms with Gasteiger partial charge in [-0.05, 0) is 18.9 Å². The SMILES string of the molecule is NNc1cc(NC2CCCC2CO)ccn1. The minimum atomic E-state index is 0.255. The van der Waals surface area contributed by atoms with E-state index in [-0.39, 0.29) is 6.61 Å². The number of aliphatic hydroxyl groups excluding tert-OH is 1. The van der Waals surface area contributed by atoms with Crippen molar-refractivity contribution in [1.82, 2.24) is 4.98 Å². The summed E-state index contributed by atoms with van der Waals surface area (Å²) in [4.78, 5) is 4.05. The Balaban J connectivity index is 2.02. The first-order chi connectivity index (χ1) is 7.83. The summed E-state index contributed by atoms with van der Waals surface area (Å²) in [6, 6.07) is 4.14. The van der Waals surface area contributed by atoms with Gasteiger partial charge in [0.2, 0.25) is 0 Å². The van der Waals surface area contributed by atoms with Crippen LogP contribution in [0.3, 0.4) is 0 Å². The fourth-order valence-corrected chi connectivity index (χ4v) is 2.26. The van der Waals surface area contributed by atoms with E-state index in [1.54, 1.807) is 6.20 Å². The number of hydrogen-bond acceptors (Lipinski definition) is 5. The normalized spacial score (nSPS) is 24.4. The van der Waals surface area contributed by atoms with Crippen molar-refractivity contribution < 1.29 is 5.11 Å². The number of hydrogen-bond donors (Lipinski definition) is 4. The molecule has 0 spiro atoms. The molecule has 1 saturated carbocycles. The molecular formula is C11H18N4O. The Bertz CT molecular complexity index is 345. The second-order valence-electron chi connectivity index (χ2n) is 4.20. The lowest BCUT2D eigenvalue weighted by Gasteiger charge is -2.20. The van der Waals surface area contributed by atoms with Crippen LogP contribution in [0.15, 0.2) is 18.3 Å². The van der Waals surface area contributed by atoms with Crippen LogP contribution in [-0.2, 0) is 0 Å². The molecule has 2 rings (SSSR count). The van der Waals surface area contributed by atoms with Crippen LogP contribution in [0.4, 0.5) is 11.5 Å². The van der Waals surface area contributed by atoms with Crippen LogP contribution < -0.4 is 16.6 Å². The van der Waals surface area contributed by atoms with Crippen molar-refractivity contribution in [2.45, 2.75) is 25.3 Å². The highest BCUT2D eigenvalue weighted by molar-refractivity contribution is 5.52. The molecule has 0 aromatic carbocycles. The topological polar surface area (TPSA) is 83.2 Å². The van der Waals surface area contributed by atoms with Gasteiger partial charge in [0.05, 0.1) is 0 Å². The minimum Gasteiger partial charge on any atom is -0.396 e. The molecule has 2 unspecified atom stereocenters. The van der Waals surface area contributed by atoms with E-state index in [9.17, 15) is 5.11 Å². The summed E-state index contributed by atoms with van der Waals surface area (Å²) in [6.45, 7) is 0.255. The number of pyridine rings is 1. The van der Waals surface area contributed by atoms with Crippen molar-refractivity contribution in [3.63, 3.8) is 0 Å². The van der Waals surface area contributed by atoms with Crippen LogP contribution in [0.5, 0.6) is 0 Å².